The monoisotopic (exact) mass is 394 g/mol. The lowest BCUT2D eigenvalue weighted by Gasteiger charge is -2.44. The zero-order chi connectivity index (χ0) is 20.5. The summed E-state index contributed by atoms with van der Waals surface area (Å²) in [6, 6.07) is 20.5. The first-order valence-corrected chi connectivity index (χ1v) is 10.5. The lowest BCUT2D eigenvalue weighted by atomic mass is 9.57. The van der Waals surface area contributed by atoms with Gasteiger partial charge in [-0.25, -0.2) is 0 Å². The maximum absolute atomic E-state index is 6.34. The molecule has 154 valence electrons. The van der Waals surface area contributed by atoms with Gasteiger partial charge in [0.25, 0.3) is 0 Å². The number of hydrogen-bond acceptors (Lipinski definition) is 4. The molecule has 4 rings (SSSR count). The number of rotatable bonds is 7. The van der Waals surface area contributed by atoms with Gasteiger partial charge in [0.15, 0.2) is 0 Å². The first-order chi connectivity index (χ1) is 13.9. The minimum atomic E-state index is -0.336. The summed E-state index contributed by atoms with van der Waals surface area (Å²) in [5, 5.41) is 0. The first-order valence-electron chi connectivity index (χ1n) is 10.5. The Bertz CT molecular complexity index is 777. The molecule has 0 unspecified atom stereocenters. The first kappa shape index (κ1) is 20.6. The van der Waals surface area contributed by atoms with Crippen LogP contribution in [0.2, 0.25) is 5.82 Å². The van der Waals surface area contributed by atoms with Gasteiger partial charge >= 0.3 is 7.12 Å². The Morgan fingerprint density at radius 2 is 1.28 bits per heavy atom. The number of benzene rings is 2. The van der Waals surface area contributed by atoms with Crippen LogP contribution >= 0.6 is 0 Å². The van der Waals surface area contributed by atoms with Gasteiger partial charge in [0, 0.05) is 5.82 Å². The summed E-state index contributed by atoms with van der Waals surface area (Å²) >= 11 is 0. The van der Waals surface area contributed by atoms with Crippen LogP contribution in [0.5, 0.6) is 0 Å². The second kappa shape index (κ2) is 8.23. The van der Waals surface area contributed by atoms with Crippen LogP contribution in [0.3, 0.4) is 0 Å². The van der Waals surface area contributed by atoms with Gasteiger partial charge in [-0.05, 0) is 45.2 Å². The number of hydrogen-bond donors (Lipinski definition) is 0. The molecule has 1 saturated carbocycles. The van der Waals surface area contributed by atoms with Crippen LogP contribution < -0.4 is 0 Å². The second-order valence-electron chi connectivity index (χ2n) is 9.12. The van der Waals surface area contributed by atoms with E-state index < -0.39 is 0 Å². The van der Waals surface area contributed by atoms with Crippen molar-refractivity contribution in [3.05, 3.63) is 71.8 Å². The standard InChI is InChI=1S/C24H31BO4/c1-23(2)24(3,4)29-25(28-23)20-15-21(26-16-18-11-7-5-8-12-18)22(20)27-17-19-13-9-6-10-14-19/h5-14,20-22H,15-17H2,1-4H3/t20-,21-,22+/m1/s1. The Hall–Kier alpha value is -1.66. The van der Waals surface area contributed by atoms with E-state index in [2.05, 4.69) is 52.0 Å². The minimum Gasteiger partial charge on any atom is -0.403 e. The van der Waals surface area contributed by atoms with Crippen molar-refractivity contribution in [2.24, 2.45) is 0 Å². The third kappa shape index (κ3) is 4.43. The largest absolute Gasteiger partial charge is 0.464 e. The lowest BCUT2D eigenvalue weighted by Crippen LogP contribution is -2.53. The molecule has 3 atom stereocenters. The van der Waals surface area contributed by atoms with Crippen molar-refractivity contribution in [2.45, 2.75) is 76.6 Å². The van der Waals surface area contributed by atoms with E-state index in [0.717, 1.165) is 12.0 Å². The highest BCUT2D eigenvalue weighted by Gasteiger charge is 2.60. The molecule has 2 aromatic carbocycles. The number of ether oxygens (including phenoxy) is 2. The van der Waals surface area contributed by atoms with Gasteiger partial charge in [0.1, 0.15) is 0 Å². The molecule has 2 aliphatic rings. The molecule has 1 aliphatic heterocycles. The van der Waals surface area contributed by atoms with Crippen LogP contribution in [0.4, 0.5) is 0 Å². The fourth-order valence-corrected chi connectivity index (χ4v) is 3.88. The molecule has 5 heteroatoms. The van der Waals surface area contributed by atoms with E-state index in [9.17, 15) is 0 Å². The zero-order valence-electron chi connectivity index (χ0n) is 17.8. The van der Waals surface area contributed by atoms with Crippen LogP contribution in [0, 0.1) is 0 Å². The molecule has 0 radical (unpaired) electrons. The predicted octanol–water partition coefficient (Wildman–Crippen LogP) is 5.02. The molecule has 1 saturated heterocycles. The van der Waals surface area contributed by atoms with Crippen molar-refractivity contribution in [1.29, 1.82) is 0 Å². The molecule has 2 aromatic rings. The highest BCUT2D eigenvalue weighted by Crippen LogP contribution is 2.48. The van der Waals surface area contributed by atoms with Crippen LogP contribution in [-0.4, -0.2) is 30.5 Å². The van der Waals surface area contributed by atoms with Crippen molar-refractivity contribution in [3.8, 4) is 0 Å². The maximum atomic E-state index is 6.34. The van der Waals surface area contributed by atoms with E-state index in [-0.39, 0.29) is 36.3 Å². The fourth-order valence-electron chi connectivity index (χ4n) is 3.88. The van der Waals surface area contributed by atoms with Crippen molar-refractivity contribution in [1.82, 2.24) is 0 Å². The van der Waals surface area contributed by atoms with Crippen molar-refractivity contribution < 1.29 is 18.8 Å². The zero-order valence-corrected chi connectivity index (χ0v) is 17.8. The van der Waals surface area contributed by atoms with Crippen LogP contribution in [0.15, 0.2) is 60.7 Å². The summed E-state index contributed by atoms with van der Waals surface area (Å²) in [6.07, 6.45) is 0.875. The highest BCUT2D eigenvalue weighted by molar-refractivity contribution is 6.48. The molecule has 0 aromatic heterocycles. The molecule has 4 nitrogen and oxygen atoms in total. The Labute approximate surface area is 174 Å². The third-order valence-corrected chi connectivity index (χ3v) is 6.51. The van der Waals surface area contributed by atoms with E-state index >= 15 is 0 Å². The van der Waals surface area contributed by atoms with E-state index in [4.69, 9.17) is 18.8 Å². The maximum Gasteiger partial charge on any atom is 0.464 e. The molecule has 0 spiro atoms. The summed E-state index contributed by atoms with van der Waals surface area (Å²) < 4.78 is 25.2. The van der Waals surface area contributed by atoms with E-state index in [1.807, 2.05) is 36.4 Å². The topological polar surface area (TPSA) is 36.9 Å². The smallest absolute Gasteiger partial charge is 0.403 e. The summed E-state index contributed by atoms with van der Waals surface area (Å²) in [6.45, 7) is 9.52. The third-order valence-electron chi connectivity index (χ3n) is 6.51. The van der Waals surface area contributed by atoms with Gasteiger partial charge in [0.05, 0.1) is 36.6 Å². The molecule has 0 bridgehead atoms. The predicted molar refractivity (Wildman–Crippen MR) is 114 cm³/mol. The molecule has 1 heterocycles. The minimum absolute atomic E-state index is 0.0444. The molecule has 1 aliphatic carbocycles. The lowest BCUT2D eigenvalue weighted by molar-refractivity contribution is -0.143. The van der Waals surface area contributed by atoms with E-state index in [1.54, 1.807) is 0 Å². The van der Waals surface area contributed by atoms with E-state index in [1.165, 1.54) is 5.56 Å². The summed E-state index contributed by atoms with van der Waals surface area (Å²) in [5.41, 5.74) is 1.66. The average molecular weight is 394 g/mol. The Balaban J connectivity index is 1.42. The highest BCUT2D eigenvalue weighted by atomic mass is 16.7. The van der Waals surface area contributed by atoms with Crippen LogP contribution in [0.25, 0.3) is 0 Å². The van der Waals surface area contributed by atoms with Crippen LogP contribution in [-0.2, 0) is 32.0 Å². The van der Waals surface area contributed by atoms with Gasteiger partial charge in [-0.1, -0.05) is 60.7 Å². The summed E-state index contributed by atoms with van der Waals surface area (Å²) in [5.74, 6) is 0.167. The molecular weight excluding hydrogens is 363 g/mol. The fraction of sp³-hybridized carbons (Fsp3) is 0.500. The van der Waals surface area contributed by atoms with Crippen molar-refractivity contribution in [2.75, 3.05) is 0 Å². The summed E-state index contributed by atoms with van der Waals surface area (Å²) in [4.78, 5) is 0. The van der Waals surface area contributed by atoms with Gasteiger partial charge < -0.3 is 18.8 Å². The average Bonchev–Trinajstić information content (AvgIpc) is 2.89. The van der Waals surface area contributed by atoms with Crippen molar-refractivity contribution in [3.63, 3.8) is 0 Å². The molecule has 29 heavy (non-hydrogen) atoms. The quantitative estimate of drug-likeness (QED) is 0.618. The van der Waals surface area contributed by atoms with Crippen molar-refractivity contribution >= 4 is 7.12 Å². The van der Waals surface area contributed by atoms with Gasteiger partial charge in [-0.2, -0.15) is 0 Å². The molecule has 0 N–H and O–H groups in total. The van der Waals surface area contributed by atoms with Crippen LogP contribution in [0.1, 0.15) is 45.2 Å². The molecule has 0 amide bonds. The van der Waals surface area contributed by atoms with Gasteiger partial charge in [-0.3, -0.25) is 0 Å². The normalized spacial score (nSPS) is 27.6. The Morgan fingerprint density at radius 3 is 1.79 bits per heavy atom. The Kier molecular flexibility index (Phi) is 5.85. The molecule has 2 fully saturated rings. The molecular formula is C24H31BO4. The Morgan fingerprint density at radius 1 is 0.793 bits per heavy atom. The van der Waals surface area contributed by atoms with Gasteiger partial charge in [-0.15, -0.1) is 0 Å². The van der Waals surface area contributed by atoms with E-state index in [0.29, 0.717) is 13.2 Å². The summed E-state index contributed by atoms with van der Waals surface area (Å²) in [7, 11) is -0.266. The van der Waals surface area contributed by atoms with Gasteiger partial charge in [0.2, 0.25) is 0 Å². The second-order valence-corrected chi connectivity index (χ2v) is 9.12. The SMILES string of the molecule is CC1(C)OB([C@@H]2C[C@@H](OCc3ccccc3)[C@H]2OCc2ccccc2)OC1(C)C.